The minimum absolute atomic E-state index is 0.0361. The fourth-order valence-corrected chi connectivity index (χ4v) is 0.914. The summed E-state index contributed by atoms with van der Waals surface area (Å²) in [5, 5.41) is 11.5. The van der Waals surface area contributed by atoms with Crippen molar-refractivity contribution in [1.29, 1.82) is 0 Å². The van der Waals surface area contributed by atoms with Crippen LogP contribution in [-0.4, -0.2) is 23.7 Å². The summed E-state index contributed by atoms with van der Waals surface area (Å²) in [7, 11) is 0. The van der Waals surface area contributed by atoms with E-state index in [1.54, 1.807) is 0 Å². The predicted octanol–water partition coefficient (Wildman–Crippen LogP) is 1.06. The van der Waals surface area contributed by atoms with Crippen molar-refractivity contribution in [3.8, 4) is 0 Å². The Labute approximate surface area is 74.2 Å². The zero-order valence-electron chi connectivity index (χ0n) is 7.97. The summed E-state index contributed by atoms with van der Waals surface area (Å²) in [5.41, 5.74) is 0. The maximum absolute atomic E-state index is 11.1. The van der Waals surface area contributed by atoms with Gasteiger partial charge in [-0.15, -0.1) is 0 Å². The van der Waals surface area contributed by atoms with Crippen LogP contribution in [0.3, 0.4) is 0 Å². The Kier molecular flexibility index (Phi) is 6.76. The molecular weight excluding hydrogens is 154 g/mol. The number of hydrogen-bond donors (Lipinski definition) is 2. The third kappa shape index (κ3) is 5.13. The number of aliphatic hydroxyl groups is 1. The molecular formula is C9H19NO2. The van der Waals surface area contributed by atoms with Crippen molar-refractivity contribution < 1.29 is 9.90 Å². The molecule has 0 rings (SSSR count). The normalized spacial score (nSPS) is 12.6. The molecule has 0 aliphatic carbocycles. The monoisotopic (exact) mass is 173 g/mol. The van der Waals surface area contributed by atoms with Gasteiger partial charge in [0.15, 0.2) is 0 Å². The van der Waals surface area contributed by atoms with Crippen molar-refractivity contribution >= 4 is 5.91 Å². The van der Waals surface area contributed by atoms with E-state index in [1.165, 1.54) is 0 Å². The molecule has 1 atom stereocenters. The topological polar surface area (TPSA) is 49.3 Å². The Morgan fingerprint density at radius 2 is 2.17 bits per heavy atom. The van der Waals surface area contributed by atoms with Gasteiger partial charge in [0, 0.05) is 6.42 Å². The van der Waals surface area contributed by atoms with E-state index in [4.69, 9.17) is 5.11 Å². The molecule has 0 aliphatic heterocycles. The second-order valence-electron chi connectivity index (χ2n) is 2.96. The number of carbonyl (C=O) groups is 1. The summed E-state index contributed by atoms with van der Waals surface area (Å²) in [6.07, 6.45) is 3.32. The van der Waals surface area contributed by atoms with Crippen molar-refractivity contribution in [1.82, 2.24) is 5.32 Å². The van der Waals surface area contributed by atoms with E-state index >= 15 is 0 Å². The van der Waals surface area contributed by atoms with Crippen molar-refractivity contribution in [2.24, 2.45) is 0 Å². The van der Waals surface area contributed by atoms with Crippen LogP contribution in [0, 0.1) is 0 Å². The van der Waals surface area contributed by atoms with Crippen molar-refractivity contribution in [3.05, 3.63) is 0 Å². The molecule has 2 N–H and O–H groups in total. The average Bonchev–Trinajstić information content (AvgIpc) is 2.10. The molecule has 1 amide bonds. The van der Waals surface area contributed by atoms with Crippen LogP contribution in [0.15, 0.2) is 0 Å². The van der Waals surface area contributed by atoms with Crippen molar-refractivity contribution in [2.45, 2.75) is 45.6 Å². The Morgan fingerprint density at radius 3 is 2.58 bits per heavy atom. The van der Waals surface area contributed by atoms with Gasteiger partial charge in [-0.05, 0) is 12.8 Å². The largest absolute Gasteiger partial charge is 0.394 e. The Morgan fingerprint density at radius 1 is 1.50 bits per heavy atom. The van der Waals surface area contributed by atoms with Crippen LogP contribution >= 0.6 is 0 Å². The van der Waals surface area contributed by atoms with Crippen LogP contribution < -0.4 is 5.32 Å². The van der Waals surface area contributed by atoms with E-state index in [1.807, 2.05) is 6.92 Å². The van der Waals surface area contributed by atoms with Gasteiger partial charge in [0.05, 0.1) is 12.6 Å². The van der Waals surface area contributed by atoms with E-state index < -0.39 is 0 Å². The first-order chi connectivity index (χ1) is 5.74. The lowest BCUT2D eigenvalue weighted by molar-refractivity contribution is -0.122. The van der Waals surface area contributed by atoms with Gasteiger partial charge in [-0.3, -0.25) is 4.79 Å². The highest BCUT2D eigenvalue weighted by Gasteiger charge is 2.07. The minimum atomic E-state index is -0.0608. The zero-order valence-corrected chi connectivity index (χ0v) is 7.97. The van der Waals surface area contributed by atoms with Gasteiger partial charge in [-0.2, -0.15) is 0 Å². The van der Waals surface area contributed by atoms with Gasteiger partial charge >= 0.3 is 0 Å². The van der Waals surface area contributed by atoms with Gasteiger partial charge in [-0.1, -0.05) is 20.3 Å². The first-order valence-corrected chi connectivity index (χ1v) is 4.64. The number of rotatable bonds is 6. The first-order valence-electron chi connectivity index (χ1n) is 4.64. The molecule has 0 heterocycles. The number of amides is 1. The maximum atomic E-state index is 11.1. The fourth-order valence-electron chi connectivity index (χ4n) is 0.914. The third-order valence-corrected chi connectivity index (χ3v) is 1.84. The summed E-state index contributed by atoms with van der Waals surface area (Å²) in [6.45, 7) is 4.03. The van der Waals surface area contributed by atoms with E-state index in [0.717, 1.165) is 19.3 Å². The molecule has 0 saturated heterocycles. The molecule has 0 aromatic rings. The van der Waals surface area contributed by atoms with Crippen LogP contribution in [-0.2, 0) is 4.79 Å². The highest BCUT2D eigenvalue weighted by atomic mass is 16.3. The smallest absolute Gasteiger partial charge is 0.220 e. The molecule has 0 fully saturated rings. The average molecular weight is 173 g/mol. The van der Waals surface area contributed by atoms with Crippen LogP contribution in [0.4, 0.5) is 0 Å². The molecule has 0 bridgehead atoms. The van der Waals surface area contributed by atoms with Gasteiger partial charge < -0.3 is 10.4 Å². The number of aliphatic hydroxyl groups excluding tert-OH is 1. The molecule has 12 heavy (non-hydrogen) atoms. The van der Waals surface area contributed by atoms with Gasteiger partial charge in [0.25, 0.3) is 0 Å². The molecule has 3 nitrogen and oxygen atoms in total. The molecule has 0 spiro atoms. The standard InChI is InChI=1S/C9H19NO2/c1-3-5-6-9(12)10-8(4-2)7-11/h8,11H,3-7H2,1-2H3,(H,10,12)/t8-/m0/s1. The molecule has 72 valence electrons. The molecule has 0 aromatic heterocycles. The number of carbonyl (C=O) groups excluding carboxylic acids is 1. The zero-order chi connectivity index (χ0) is 9.40. The quantitative estimate of drug-likeness (QED) is 0.631. The van der Waals surface area contributed by atoms with Crippen LogP contribution in [0.1, 0.15) is 39.5 Å². The lowest BCUT2D eigenvalue weighted by atomic mass is 10.2. The highest BCUT2D eigenvalue weighted by Crippen LogP contribution is 1.95. The van der Waals surface area contributed by atoms with E-state index in [-0.39, 0.29) is 18.6 Å². The number of nitrogens with one attached hydrogen (secondary N) is 1. The summed E-state index contributed by atoms with van der Waals surface area (Å²) in [6, 6.07) is -0.0608. The van der Waals surface area contributed by atoms with Gasteiger partial charge in [0.1, 0.15) is 0 Å². The van der Waals surface area contributed by atoms with Gasteiger partial charge in [0.2, 0.25) is 5.91 Å². The third-order valence-electron chi connectivity index (χ3n) is 1.84. The fraction of sp³-hybridized carbons (Fsp3) is 0.889. The van der Waals surface area contributed by atoms with Crippen molar-refractivity contribution in [3.63, 3.8) is 0 Å². The van der Waals surface area contributed by atoms with Crippen LogP contribution in [0.2, 0.25) is 0 Å². The molecule has 0 aliphatic rings. The molecule has 3 heteroatoms. The van der Waals surface area contributed by atoms with Crippen molar-refractivity contribution in [2.75, 3.05) is 6.61 Å². The van der Waals surface area contributed by atoms with Gasteiger partial charge in [-0.25, -0.2) is 0 Å². The molecule has 0 radical (unpaired) electrons. The summed E-state index contributed by atoms with van der Waals surface area (Å²) in [5.74, 6) is 0.0535. The number of hydrogen-bond acceptors (Lipinski definition) is 2. The first kappa shape index (κ1) is 11.4. The maximum Gasteiger partial charge on any atom is 0.220 e. The van der Waals surface area contributed by atoms with Crippen LogP contribution in [0.5, 0.6) is 0 Å². The predicted molar refractivity (Wildman–Crippen MR) is 48.8 cm³/mol. The highest BCUT2D eigenvalue weighted by molar-refractivity contribution is 5.76. The second kappa shape index (κ2) is 7.10. The van der Waals surface area contributed by atoms with E-state index in [0.29, 0.717) is 6.42 Å². The second-order valence-corrected chi connectivity index (χ2v) is 2.96. The molecule has 0 aromatic carbocycles. The molecule has 0 saturated carbocycles. The lowest BCUT2D eigenvalue weighted by Gasteiger charge is -2.13. The Hall–Kier alpha value is -0.570. The van der Waals surface area contributed by atoms with Crippen LogP contribution in [0.25, 0.3) is 0 Å². The molecule has 0 unspecified atom stereocenters. The lowest BCUT2D eigenvalue weighted by Crippen LogP contribution is -2.36. The van der Waals surface area contributed by atoms with E-state index in [2.05, 4.69) is 12.2 Å². The number of unbranched alkanes of at least 4 members (excludes halogenated alkanes) is 1. The summed E-state index contributed by atoms with van der Waals surface area (Å²) >= 11 is 0. The Bertz CT molecular complexity index is 122. The summed E-state index contributed by atoms with van der Waals surface area (Å²) < 4.78 is 0. The minimum Gasteiger partial charge on any atom is -0.394 e. The summed E-state index contributed by atoms with van der Waals surface area (Å²) in [4.78, 5) is 11.1. The van der Waals surface area contributed by atoms with E-state index in [9.17, 15) is 4.79 Å². The Balaban J connectivity index is 3.52. The SMILES string of the molecule is CCCCC(=O)N[C@@H](CC)CO.